The lowest BCUT2D eigenvalue weighted by Crippen LogP contribution is -1.99. The Morgan fingerprint density at radius 1 is 1.33 bits per heavy atom. The lowest BCUT2D eigenvalue weighted by Gasteiger charge is -2.03. The van der Waals surface area contributed by atoms with Gasteiger partial charge in [0.25, 0.3) is 0 Å². The van der Waals surface area contributed by atoms with E-state index in [9.17, 15) is 0 Å². The van der Waals surface area contributed by atoms with E-state index >= 15 is 0 Å². The summed E-state index contributed by atoms with van der Waals surface area (Å²) in [5.74, 6) is 0. The topological polar surface area (TPSA) is 37.8 Å². The first-order chi connectivity index (χ1) is 7.25. The van der Waals surface area contributed by atoms with Crippen molar-refractivity contribution in [2.75, 3.05) is 5.32 Å². The van der Waals surface area contributed by atoms with Gasteiger partial charge in [0.05, 0.1) is 0 Å². The van der Waals surface area contributed by atoms with E-state index in [2.05, 4.69) is 31.4 Å². The fourth-order valence-electron chi connectivity index (χ4n) is 1.09. The van der Waals surface area contributed by atoms with Crippen LogP contribution in [0.1, 0.15) is 5.56 Å². The van der Waals surface area contributed by atoms with Crippen molar-refractivity contribution in [1.29, 1.82) is 0 Å². The molecule has 1 heterocycles. The third-order valence-corrected chi connectivity index (χ3v) is 3.47. The van der Waals surface area contributed by atoms with Crippen molar-refractivity contribution in [1.82, 2.24) is 10.2 Å². The number of hydrogen-bond donors (Lipinski definition) is 1. The molecule has 78 valence electrons. The Morgan fingerprint density at radius 2 is 2.13 bits per heavy atom. The number of halogens is 2. The van der Waals surface area contributed by atoms with Crippen LogP contribution in [0.5, 0.6) is 0 Å². The monoisotopic (exact) mass is 303 g/mol. The molecule has 0 saturated carbocycles. The Kier molecular flexibility index (Phi) is 3.56. The minimum absolute atomic E-state index is 0.654. The average Bonchev–Trinajstić information content (AvgIpc) is 2.63. The summed E-state index contributed by atoms with van der Waals surface area (Å²) in [6.45, 7) is 0.654. The molecule has 6 heteroatoms. The van der Waals surface area contributed by atoms with Crippen LogP contribution in [-0.2, 0) is 6.54 Å². The van der Waals surface area contributed by atoms with Gasteiger partial charge in [0.15, 0.2) is 3.92 Å². The molecular formula is C9H7BrClN3S. The molecule has 0 spiro atoms. The summed E-state index contributed by atoms with van der Waals surface area (Å²) in [4.78, 5) is 0. The number of hydrogen-bond acceptors (Lipinski definition) is 4. The summed E-state index contributed by atoms with van der Waals surface area (Å²) < 4.78 is 0.768. The van der Waals surface area contributed by atoms with Gasteiger partial charge in [-0.2, -0.15) is 0 Å². The van der Waals surface area contributed by atoms with E-state index in [0.717, 1.165) is 19.6 Å². The van der Waals surface area contributed by atoms with E-state index in [1.165, 1.54) is 11.3 Å². The molecule has 0 bridgehead atoms. The summed E-state index contributed by atoms with van der Waals surface area (Å²) in [6, 6.07) is 7.71. The van der Waals surface area contributed by atoms with Crippen molar-refractivity contribution in [3.8, 4) is 0 Å². The van der Waals surface area contributed by atoms with Crippen LogP contribution in [-0.4, -0.2) is 10.2 Å². The Hall–Kier alpha value is -0.650. The predicted octanol–water partition coefficient (Wildman–Crippen LogP) is 3.57. The molecule has 0 saturated heterocycles. The van der Waals surface area contributed by atoms with Gasteiger partial charge in [-0.05, 0) is 27.6 Å². The second kappa shape index (κ2) is 4.92. The number of benzene rings is 1. The minimum atomic E-state index is 0.654. The van der Waals surface area contributed by atoms with E-state index in [-0.39, 0.29) is 0 Å². The molecule has 1 aromatic carbocycles. The first kappa shape index (κ1) is 10.9. The normalized spacial score (nSPS) is 10.3. The third-order valence-electron chi connectivity index (χ3n) is 1.79. The highest BCUT2D eigenvalue weighted by molar-refractivity contribution is 9.11. The molecule has 0 radical (unpaired) electrons. The molecule has 3 nitrogen and oxygen atoms in total. The lowest BCUT2D eigenvalue weighted by atomic mass is 10.2. The summed E-state index contributed by atoms with van der Waals surface area (Å²) >= 11 is 10.7. The van der Waals surface area contributed by atoms with Crippen LogP contribution in [0, 0.1) is 0 Å². The number of rotatable bonds is 3. The second-order valence-electron chi connectivity index (χ2n) is 2.81. The molecule has 2 aromatic rings. The number of nitrogens with zero attached hydrogens (tertiary/aromatic N) is 2. The fourth-order valence-corrected chi connectivity index (χ4v) is 2.30. The summed E-state index contributed by atoms with van der Waals surface area (Å²) in [7, 11) is 0. The zero-order valence-corrected chi connectivity index (χ0v) is 10.7. The van der Waals surface area contributed by atoms with Crippen molar-refractivity contribution in [3.63, 3.8) is 0 Å². The van der Waals surface area contributed by atoms with Crippen LogP contribution in [0.15, 0.2) is 28.2 Å². The van der Waals surface area contributed by atoms with Crippen molar-refractivity contribution < 1.29 is 0 Å². The Labute approximate surface area is 105 Å². The first-order valence-electron chi connectivity index (χ1n) is 4.22. The van der Waals surface area contributed by atoms with E-state index in [1.54, 1.807) is 0 Å². The molecule has 0 fully saturated rings. The van der Waals surface area contributed by atoms with Crippen LogP contribution in [0.25, 0.3) is 0 Å². The molecule has 1 aromatic heterocycles. The molecule has 0 aliphatic rings. The van der Waals surface area contributed by atoms with Gasteiger partial charge in [0.2, 0.25) is 5.13 Å². The molecule has 0 aliphatic heterocycles. The van der Waals surface area contributed by atoms with E-state index in [1.807, 2.05) is 24.3 Å². The van der Waals surface area contributed by atoms with Crippen LogP contribution >= 0.6 is 38.9 Å². The van der Waals surface area contributed by atoms with Crippen LogP contribution in [0.2, 0.25) is 5.02 Å². The van der Waals surface area contributed by atoms with Gasteiger partial charge in [-0.1, -0.05) is 41.1 Å². The molecule has 2 rings (SSSR count). The molecule has 0 amide bonds. The van der Waals surface area contributed by atoms with Gasteiger partial charge < -0.3 is 5.32 Å². The largest absolute Gasteiger partial charge is 0.356 e. The molecule has 0 atom stereocenters. The maximum atomic E-state index is 6.01. The zero-order valence-electron chi connectivity index (χ0n) is 7.58. The Bertz CT molecular complexity index is 460. The Morgan fingerprint density at radius 3 is 2.80 bits per heavy atom. The van der Waals surface area contributed by atoms with E-state index in [0.29, 0.717) is 6.54 Å². The third kappa shape index (κ3) is 2.90. The van der Waals surface area contributed by atoms with Gasteiger partial charge in [-0.3, -0.25) is 0 Å². The standard InChI is InChI=1S/C9H7BrClN3S/c10-8-13-14-9(15-8)12-5-6-3-1-2-4-7(6)11/h1-4H,5H2,(H,12,14). The van der Waals surface area contributed by atoms with Crippen molar-refractivity contribution in [2.45, 2.75) is 6.54 Å². The van der Waals surface area contributed by atoms with Gasteiger partial charge in [0.1, 0.15) is 0 Å². The summed E-state index contributed by atoms with van der Waals surface area (Å²) in [6.07, 6.45) is 0. The van der Waals surface area contributed by atoms with Gasteiger partial charge in [-0.25, -0.2) is 0 Å². The van der Waals surface area contributed by atoms with Crippen molar-refractivity contribution >= 4 is 44.0 Å². The second-order valence-corrected chi connectivity index (χ2v) is 5.47. The smallest absolute Gasteiger partial charge is 0.206 e. The number of aromatic nitrogens is 2. The molecule has 1 N–H and O–H groups in total. The summed E-state index contributed by atoms with van der Waals surface area (Å²) in [5, 5.41) is 12.5. The maximum Gasteiger partial charge on any atom is 0.206 e. The Balaban J connectivity index is 2.02. The average molecular weight is 305 g/mol. The number of anilines is 1. The van der Waals surface area contributed by atoms with Gasteiger partial charge in [0, 0.05) is 11.6 Å². The fraction of sp³-hybridized carbons (Fsp3) is 0.111. The van der Waals surface area contributed by atoms with Crippen LogP contribution in [0.3, 0.4) is 0 Å². The molecule has 0 aliphatic carbocycles. The molecular weight excluding hydrogens is 298 g/mol. The lowest BCUT2D eigenvalue weighted by molar-refractivity contribution is 1.04. The molecule has 15 heavy (non-hydrogen) atoms. The van der Waals surface area contributed by atoms with Crippen LogP contribution in [0.4, 0.5) is 5.13 Å². The number of nitrogens with one attached hydrogen (secondary N) is 1. The van der Waals surface area contributed by atoms with Crippen molar-refractivity contribution in [2.24, 2.45) is 0 Å². The molecule has 0 unspecified atom stereocenters. The maximum absolute atomic E-state index is 6.01. The van der Waals surface area contributed by atoms with E-state index in [4.69, 9.17) is 11.6 Å². The predicted molar refractivity (Wildman–Crippen MR) is 66.4 cm³/mol. The minimum Gasteiger partial charge on any atom is -0.356 e. The quantitative estimate of drug-likeness (QED) is 0.942. The van der Waals surface area contributed by atoms with Gasteiger partial charge >= 0.3 is 0 Å². The van der Waals surface area contributed by atoms with Gasteiger partial charge in [-0.15, -0.1) is 10.2 Å². The first-order valence-corrected chi connectivity index (χ1v) is 6.21. The summed E-state index contributed by atoms with van der Waals surface area (Å²) in [5.41, 5.74) is 1.05. The van der Waals surface area contributed by atoms with E-state index < -0.39 is 0 Å². The highest BCUT2D eigenvalue weighted by Gasteiger charge is 2.02. The zero-order chi connectivity index (χ0) is 10.7. The van der Waals surface area contributed by atoms with Crippen molar-refractivity contribution in [3.05, 3.63) is 38.8 Å². The SMILES string of the molecule is Clc1ccccc1CNc1nnc(Br)s1. The highest BCUT2D eigenvalue weighted by Crippen LogP contribution is 2.22. The van der Waals surface area contributed by atoms with Crippen LogP contribution < -0.4 is 5.32 Å². The highest BCUT2D eigenvalue weighted by atomic mass is 79.9.